The van der Waals surface area contributed by atoms with Gasteiger partial charge in [0.05, 0.1) is 0 Å². The van der Waals surface area contributed by atoms with Gasteiger partial charge in [0, 0.05) is 11.6 Å². The zero-order chi connectivity index (χ0) is 24.6. The third-order valence-corrected chi connectivity index (χ3v) is 8.13. The lowest BCUT2D eigenvalue weighted by molar-refractivity contribution is 0.233. The maximum absolute atomic E-state index is 6.80. The van der Waals surface area contributed by atoms with Gasteiger partial charge in [0.15, 0.2) is 0 Å². The standard InChI is InChI=1S/C32H43N/c1-11-12-13-26(16-18(2)3)32(33)27-15-14-25-17-28-20(6)21(7)29(19(4)5)23(9)31(28)24(10)30(25)22(27)8/h12-13,16,20,25,28,31H,2,4,8-9,11,14-15,17,33H2,1,3,5-7,10H3/b13-12+,26-16-,32-27-. The molecule has 4 atom stereocenters. The minimum absolute atomic E-state index is 0.365. The summed E-state index contributed by atoms with van der Waals surface area (Å²) in [5.74, 6) is 2.08. The Morgan fingerprint density at radius 3 is 2.36 bits per heavy atom. The Balaban J connectivity index is 2.11. The summed E-state index contributed by atoms with van der Waals surface area (Å²) in [7, 11) is 0. The topological polar surface area (TPSA) is 26.0 Å². The third-order valence-electron chi connectivity index (χ3n) is 8.13. The predicted molar refractivity (Wildman–Crippen MR) is 146 cm³/mol. The van der Waals surface area contributed by atoms with Crippen LogP contribution in [0.25, 0.3) is 0 Å². The molecule has 0 aromatic rings. The van der Waals surface area contributed by atoms with Crippen molar-refractivity contribution in [1.82, 2.24) is 0 Å². The molecule has 0 spiro atoms. The van der Waals surface area contributed by atoms with Crippen molar-refractivity contribution < 1.29 is 0 Å². The first-order valence-corrected chi connectivity index (χ1v) is 12.5. The Morgan fingerprint density at radius 2 is 1.79 bits per heavy atom. The second kappa shape index (κ2) is 9.75. The Labute approximate surface area is 202 Å². The zero-order valence-corrected chi connectivity index (χ0v) is 21.8. The van der Waals surface area contributed by atoms with E-state index < -0.39 is 0 Å². The SMILES string of the molecule is C=C(C)/C=C(/C=C/CC)C(\N)=C1/CCC2CC3C(C)C(C)=C(C(=C)C)C(=C)C3C(C)=C2C1=C. The van der Waals surface area contributed by atoms with Gasteiger partial charge in [0.1, 0.15) is 0 Å². The number of fused-ring (bicyclic) bond motifs is 2. The average Bonchev–Trinajstić information content (AvgIpc) is 2.74. The van der Waals surface area contributed by atoms with Gasteiger partial charge in [-0.15, -0.1) is 0 Å². The van der Waals surface area contributed by atoms with Crippen LogP contribution in [0, 0.1) is 23.7 Å². The number of rotatable bonds is 5. The van der Waals surface area contributed by atoms with Crippen LogP contribution in [0.3, 0.4) is 0 Å². The van der Waals surface area contributed by atoms with Crippen LogP contribution in [0.5, 0.6) is 0 Å². The molecule has 0 saturated heterocycles. The molecule has 1 heteroatoms. The van der Waals surface area contributed by atoms with Crippen molar-refractivity contribution >= 4 is 0 Å². The molecular weight excluding hydrogens is 398 g/mol. The van der Waals surface area contributed by atoms with E-state index >= 15 is 0 Å². The third kappa shape index (κ3) is 4.47. The summed E-state index contributed by atoms with van der Waals surface area (Å²) < 4.78 is 0. The molecule has 0 aromatic heterocycles. The van der Waals surface area contributed by atoms with E-state index in [4.69, 9.17) is 5.73 Å². The van der Waals surface area contributed by atoms with Gasteiger partial charge in [0.2, 0.25) is 0 Å². The van der Waals surface area contributed by atoms with E-state index in [2.05, 4.69) is 79.2 Å². The molecule has 176 valence electrons. The molecule has 4 unspecified atom stereocenters. The molecule has 0 aromatic carbocycles. The van der Waals surface area contributed by atoms with Gasteiger partial charge in [-0.3, -0.25) is 0 Å². The van der Waals surface area contributed by atoms with Crippen molar-refractivity contribution in [1.29, 1.82) is 0 Å². The number of nitrogens with two attached hydrogens (primary N) is 1. The largest absolute Gasteiger partial charge is 0.398 e. The van der Waals surface area contributed by atoms with E-state index in [1.165, 1.54) is 39.9 Å². The summed E-state index contributed by atoms with van der Waals surface area (Å²) in [6.07, 6.45) is 10.7. The van der Waals surface area contributed by atoms with Crippen LogP contribution in [0.15, 0.2) is 106 Å². The van der Waals surface area contributed by atoms with Crippen LogP contribution in [0.4, 0.5) is 0 Å². The molecule has 0 amide bonds. The molecule has 3 aliphatic rings. The van der Waals surface area contributed by atoms with E-state index in [9.17, 15) is 0 Å². The van der Waals surface area contributed by atoms with Crippen LogP contribution >= 0.6 is 0 Å². The molecule has 0 aliphatic heterocycles. The number of hydrogen-bond donors (Lipinski definition) is 1. The van der Waals surface area contributed by atoms with Gasteiger partial charge in [0.25, 0.3) is 0 Å². The highest BCUT2D eigenvalue weighted by Crippen LogP contribution is 2.56. The van der Waals surface area contributed by atoms with E-state index in [0.29, 0.717) is 23.7 Å². The fourth-order valence-corrected chi connectivity index (χ4v) is 6.55. The highest BCUT2D eigenvalue weighted by Gasteiger charge is 2.45. The van der Waals surface area contributed by atoms with Gasteiger partial charge >= 0.3 is 0 Å². The van der Waals surface area contributed by atoms with Crippen molar-refractivity contribution in [3.63, 3.8) is 0 Å². The average molecular weight is 442 g/mol. The summed E-state index contributed by atoms with van der Waals surface area (Å²) >= 11 is 0. The summed E-state index contributed by atoms with van der Waals surface area (Å²) in [5.41, 5.74) is 20.1. The van der Waals surface area contributed by atoms with Crippen molar-refractivity contribution in [2.45, 2.75) is 67.2 Å². The van der Waals surface area contributed by atoms with Gasteiger partial charge in [-0.2, -0.15) is 0 Å². The van der Waals surface area contributed by atoms with Crippen molar-refractivity contribution in [2.75, 3.05) is 0 Å². The molecule has 3 aliphatic carbocycles. The van der Waals surface area contributed by atoms with E-state index in [1.54, 1.807) is 0 Å². The summed E-state index contributed by atoms with van der Waals surface area (Å²) in [6.45, 7) is 30.8. The lowest BCUT2D eigenvalue weighted by Crippen LogP contribution is -2.38. The quantitative estimate of drug-likeness (QED) is 0.424. The van der Waals surface area contributed by atoms with Crippen LogP contribution < -0.4 is 5.73 Å². The predicted octanol–water partition coefficient (Wildman–Crippen LogP) is 8.69. The smallest absolute Gasteiger partial charge is 0.0426 e. The summed E-state index contributed by atoms with van der Waals surface area (Å²) in [6, 6.07) is 0. The Morgan fingerprint density at radius 1 is 1.12 bits per heavy atom. The van der Waals surface area contributed by atoms with Crippen LogP contribution in [-0.4, -0.2) is 0 Å². The monoisotopic (exact) mass is 441 g/mol. The van der Waals surface area contributed by atoms with E-state index in [1.807, 2.05) is 6.92 Å². The molecule has 3 rings (SSSR count). The molecule has 1 nitrogen and oxygen atoms in total. The highest BCUT2D eigenvalue weighted by molar-refractivity contribution is 5.61. The molecule has 0 heterocycles. The molecule has 0 radical (unpaired) electrons. The fraction of sp³-hybridized carbons (Fsp3) is 0.438. The molecule has 33 heavy (non-hydrogen) atoms. The molecule has 1 saturated carbocycles. The lowest BCUT2D eigenvalue weighted by Gasteiger charge is -2.49. The maximum atomic E-state index is 6.80. The first kappa shape index (κ1) is 25.1. The second-order valence-electron chi connectivity index (χ2n) is 10.5. The van der Waals surface area contributed by atoms with Gasteiger partial charge in [-0.25, -0.2) is 0 Å². The first-order valence-electron chi connectivity index (χ1n) is 12.5. The molecule has 1 fully saturated rings. The number of allylic oxidation sites excluding steroid dienone is 12. The normalized spacial score (nSPS) is 29.9. The maximum Gasteiger partial charge on any atom is 0.0426 e. The minimum atomic E-state index is 0.365. The first-order chi connectivity index (χ1) is 15.5. The van der Waals surface area contributed by atoms with Crippen molar-refractivity contribution in [2.24, 2.45) is 29.4 Å². The second-order valence-corrected chi connectivity index (χ2v) is 10.5. The van der Waals surface area contributed by atoms with Crippen LogP contribution in [0.2, 0.25) is 0 Å². The summed E-state index contributed by atoms with van der Waals surface area (Å²) in [4.78, 5) is 0. The van der Waals surface area contributed by atoms with E-state index in [-0.39, 0.29) is 0 Å². The molecular formula is C32H43N. The Hall–Kier alpha value is -2.54. The molecule has 0 bridgehead atoms. The molecule has 2 N–H and O–H groups in total. The summed E-state index contributed by atoms with van der Waals surface area (Å²) in [5, 5.41) is 0. The van der Waals surface area contributed by atoms with Gasteiger partial charge in [-0.05, 0) is 105 Å². The highest BCUT2D eigenvalue weighted by atomic mass is 14.6. The van der Waals surface area contributed by atoms with Gasteiger partial charge < -0.3 is 5.73 Å². The van der Waals surface area contributed by atoms with Crippen LogP contribution in [-0.2, 0) is 0 Å². The Bertz CT molecular complexity index is 1060. The number of hydrogen-bond acceptors (Lipinski definition) is 1. The van der Waals surface area contributed by atoms with Gasteiger partial charge in [-0.1, -0.05) is 80.7 Å². The Kier molecular flexibility index (Phi) is 7.42. The van der Waals surface area contributed by atoms with Crippen molar-refractivity contribution in [3.8, 4) is 0 Å². The van der Waals surface area contributed by atoms with Crippen LogP contribution in [0.1, 0.15) is 67.2 Å². The zero-order valence-electron chi connectivity index (χ0n) is 21.8. The minimum Gasteiger partial charge on any atom is -0.398 e. The fourth-order valence-electron chi connectivity index (χ4n) is 6.55. The lowest BCUT2D eigenvalue weighted by atomic mass is 9.55. The van der Waals surface area contributed by atoms with E-state index in [0.717, 1.165) is 47.3 Å². The van der Waals surface area contributed by atoms with Crippen molar-refractivity contribution in [3.05, 3.63) is 106 Å².